The maximum absolute atomic E-state index is 2.37. The number of hydrogen-bond donors (Lipinski definition) is 0. The van der Waals surface area contributed by atoms with E-state index in [4.69, 9.17) is 0 Å². The number of para-hydroxylation sites is 2. The van der Waals surface area contributed by atoms with Crippen LogP contribution in [0.15, 0.2) is 36.4 Å². The van der Waals surface area contributed by atoms with Gasteiger partial charge in [0.25, 0.3) is 0 Å². The minimum atomic E-state index is 0. The van der Waals surface area contributed by atoms with Crippen molar-refractivity contribution < 1.29 is 16.5 Å². The van der Waals surface area contributed by atoms with Crippen molar-refractivity contribution in [1.29, 1.82) is 0 Å². The molecule has 2 aromatic rings. The van der Waals surface area contributed by atoms with Gasteiger partial charge >= 0.3 is 0 Å². The fourth-order valence-electron chi connectivity index (χ4n) is 3.34. The van der Waals surface area contributed by atoms with Crippen LogP contribution in [0.25, 0.3) is 0 Å². The average Bonchev–Trinajstić information content (AvgIpc) is 2.44. The minimum absolute atomic E-state index is 0. The first kappa shape index (κ1) is 25.8. The summed E-state index contributed by atoms with van der Waals surface area (Å²) in [6.45, 7) is 10.8. The number of likely N-dealkylation sites (N-methyl/N-ethyl adjacent to an activating group) is 2. The number of nitrogens with zero attached hydrogens (tertiary/aromatic N) is 2. The van der Waals surface area contributed by atoms with Crippen LogP contribution in [-0.4, -0.2) is 27.2 Å². The van der Waals surface area contributed by atoms with Crippen LogP contribution in [0.1, 0.15) is 22.3 Å². The summed E-state index contributed by atoms with van der Waals surface area (Å²) in [4.78, 5) is 4.74. The van der Waals surface area contributed by atoms with Crippen LogP contribution >= 0.6 is 0 Å². The first-order chi connectivity index (χ1) is 10.4. The second-order valence-electron chi connectivity index (χ2n) is 6.32. The molecule has 0 saturated carbocycles. The van der Waals surface area contributed by atoms with Crippen molar-refractivity contribution in [2.45, 2.75) is 27.7 Å². The predicted octanol–water partition coefficient (Wildman–Crippen LogP) is 5.39. The van der Waals surface area contributed by atoms with Crippen LogP contribution < -0.4 is 9.80 Å². The van der Waals surface area contributed by atoms with Gasteiger partial charge in [-0.05, 0) is 49.9 Å². The van der Waals surface area contributed by atoms with Crippen molar-refractivity contribution >= 4 is 11.4 Å². The van der Waals surface area contributed by atoms with E-state index in [0.29, 0.717) is 0 Å². The van der Waals surface area contributed by atoms with Gasteiger partial charge in [0.2, 0.25) is 0 Å². The Balaban J connectivity index is 0. The molecule has 0 N–H and O–H groups in total. The maximum atomic E-state index is 2.37. The summed E-state index contributed by atoms with van der Waals surface area (Å²) in [5, 5.41) is 0. The number of hydrogen-bond acceptors (Lipinski definition) is 2. The van der Waals surface area contributed by atoms with Crippen LogP contribution in [0.4, 0.5) is 11.4 Å². The summed E-state index contributed by atoms with van der Waals surface area (Å²) in [7, 11) is 4.38. The maximum Gasteiger partial charge on any atom is 0.0423 e. The van der Waals surface area contributed by atoms with Crippen LogP contribution in [0.5, 0.6) is 0 Å². The second kappa shape index (κ2) is 11.2. The Labute approximate surface area is 166 Å². The van der Waals surface area contributed by atoms with Crippen molar-refractivity contribution in [1.82, 2.24) is 0 Å². The zero-order valence-electron chi connectivity index (χ0n) is 17.1. The fourth-order valence-corrected chi connectivity index (χ4v) is 3.34. The smallest absolute Gasteiger partial charge is 0.0423 e. The van der Waals surface area contributed by atoms with Gasteiger partial charge in [0.05, 0.1) is 0 Å². The normalized spacial score (nSPS) is 9.36. The first-order valence-electron chi connectivity index (χ1n) is 7.96. The van der Waals surface area contributed by atoms with Crippen molar-refractivity contribution in [2.75, 3.05) is 37.0 Å². The Morgan fingerprint density at radius 2 is 0.840 bits per heavy atom. The monoisotopic (exact) mass is 384 g/mol. The molecule has 0 radical (unpaired) electrons. The van der Waals surface area contributed by atoms with Gasteiger partial charge in [-0.1, -0.05) is 36.4 Å². The summed E-state index contributed by atoms with van der Waals surface area (Å²) >= 11 is 0. The number of aryl methyl sites for hydroxylation is 4. The average molecular weight is 385 g/mol. The Morgan fingerprint density at radius 1 is 0.600 bits per heavy atom. The van der Waals surface area contributed by atoms with Gasteiger partial charge in [0, 0.05) is 55.1 Å². The van der Waals surface area contributed by atoms with E-state index in [1.807, 2.05) is 0 Å². The number of anilines is 2. The van der Waals surface area contributed by atoms with Gasteiger partial charge in [-0.2, -0.15) is 0 Å². The van der Waals surface area contributed by atoms with E-state index in [9.17, 15) is 0 Å². The molecule has 0 heterocycles. The van der Waals surface area contributed by atoms with E-state index < -0.39 is 0 Å². The standard InChI is InChI=1S/C20H28N2.2CH3.Ni/c1-15-9-7-10-16(2)19(15)21(5)13-14-22(6)20-17(3)11-8-12-18(20)4;;;/h7-12H,13-14H2,1-6H3;2*1H3;/q;2*-1;. The summed E-state index contributed by atoms with van der Waals surface area (Å²) in [6.07, 6.45) is 0. The van der Waals surface area contributed by atoms with Crippen LogP contribution in [-0.2, 0) is 16.5 Å². The van der Waals surface area contributed by atoms with Crippen molar-refractivity contribution in [3.05, 3.63) is 73.5 Å². The number of benzene rings is 2. The molecule has 0 spiro atoms. The third kappa shape index (κ3) is 6.08. The van der Waals surface area contributed by atoms with E-state index in [-0.39, 0.29) is 31.3 Å². The molecule has 0 aliphatic rings. The second-order valence-corrected chi connectivity index (χ2v) is 6.32. The molecule has 0 aromatic heterocycles. The molecule has 0 fully saturated rings. The first-order valence-corrected chi connectivity index (χ1v) is 7.96. The molecular formula is C22H34N2Ni-2. The van der Waals surface area contributed by atoms with E-state index in [1.54, 1.807) is 0 Å². The Kier molecular flexibility index (Phi) is 11.6. The molecule has 0 amide bonds. The number of rotatable bonds is 5. The molecule has 2 aromatic carbocycles. The molecule has 2 rings (SSSR count). The molecule has 0 unspecified atom stereocenters. The largest absolute Gasteiger partial charge is 0.372 e. The van der Waals surface area contributed by atoms with Crippen molar-refractivity contribution in [3.63, 3.8) is 0 Å². The van der Waals surface area contributed by atoms with E-state index in [0.717, 1.165) is 13.1 Å². The van der Waals surface area contributed by atoms with Crippen molar-refractivity contribution in [2.24, 2.45) is 0 Å². The van der Waals surface area contributed by atoms with Crippen molar-refractivity contribution in [3.8, 4) is 0 Å². The van der Waals surface area contributed by atoms with Crippen LogP contribution in [0, 0.1) is 42.5 Å². The molecule has 0 aliphatic carbocycles. The van der Waals surface area contributed by atoms with Gasteiger partial charge in [-0.3, -0.25) is 0 Å². The Hall–Kier alpha value is -1.47. The summed E-state index contributed by atoms with van der Waals surface area (Å²) in [5.74, 6) is 0. The SMILES string of the molecule is Cc1cccc(C)c1N(C)CCN(C)c1c(C)cccc1C.[CH3-].[CH3-].[Ni]. The topological polar surface area (TPSA) is 6.48 Å². The van der Waals surface area contributed by atoms with Crippen LogP contribution in [0.3, 0.4) is 0 Å². The van der Waals surface area contributed by atoms with Gasteiger partial charge in [0.15, 0.2) is 0 Å². The molecule has 0 saturated heterocycles. The van der Waals surface area contributed by atoms with E-state index in [2.05, 4.69) is 88.0 Å². The molecule has 3 heteroatoms. The molecule has 0 aliphatic heterocycles. The molecule has 144 valence electrons. The Bertz CT molecular complexity index is 554. The van der Waals surface area contributed by atoms with Crippen LogP contribution in [0.2, 0.25) is 0 Å². The minimum Gasteiger partial charge on any atom is -0.372 e. The molecule has 0 bridgehead atoms. The predicted molar refractivity (Wildman–Crippen MR) is 111 cm³/mol. The quantitative estimate of drug-likeness (QED) is 0.503. The van der Waals surface area contributed by atoms with Gasteiger partial charge < -0.3 is 24.7 Å². The molecule has 25 heavy (non-hydrogen) atoms. The van der Waals surface area contributed by atoms with E-state index >= 15 is 0 Å². The molecular weight excluding hydrogens is 351 g/mol. The van der Waals surface area contributed by atoms with Gasteiger partial charge in [-0.25, -0.2) is 0 Å². The fraction of sp³-hybridized carbons (Fsp3) is 0.364. The zero-order chi connectivity index (χ0) is 16.3. The van der Waals surface area contributed by atoms with Gasteiger partial charge in [-0.15, -0.1) is 0 Å². The molecule has 0 atom stereocenters. The van der Waals surface area contributed by atoms with Gasteiger partial charge in [0.1, 0.15) is 0 Å². The zero-order valence-corrected chi connectivity index (χ0v) is 18.1. The third-order valence-electron chi connectivity index (χ3n) is 4.41. The third-order valence-corrected chi connectivity index (χ3v) is 4.41. The summed E-state index contributed by atoms with van der Waals surface area (Å²) in [6, 6.07) is 13.0. The Morgan fingerprint density at radius 3 is 1.08 bits per heavy atom. The van der Waals surface area contributed by atoms with E-state index in [1.165, 1.54) is 33.6 Å². The summed E-state index contributed by atoms with van der Waals surface area (Å²) < 4.78 is 0. The molecule has 2 nitrogen and oxygen atoms in total. The summed E-state index contributed by atoms with van der Waals surface area (Å²) in [5.41, 5.74) is 8.10.